The lowest BCUT2D eigenvalue weighted by Crippen LogP contribution is -2.39. The van der Waals surface area contributed by atoms with E-state index in [4.69, 9.17) is 0 Å². The van der Waals surface area contributed by atoms with Gasteiger partial charge < -0.3 is 9.47 Å². The van der Waals surface area contributed by atoms with Crippen LogP contribution in [0.15, 0.2) is 23.7 Å². The minimum absolute atomic E-state index is 0.0117. The van der Waals surface area contributed by atoms with Crippen molar-refractivity contribution in [1.82, 2.24) is 28.7 Å². The van der Waals surface area contributed by atoms with E-state index in [-0.39, 0.29) is 16.9 Å². The van der Waals surface area contributed by atoms with E-state index in [9.17, 15) is 13.2 Å². The highest BCUT2D eigenvalue weighted by atomic mass is 32.2. The van der Waals surface area contributed by atoms with E-state index in [1.807, 2.05) is 11.8 Å². The quantitative estimate of drug-likeness (QED) is 0.708. The molecular formula is C20H28N6O3S. The number of rotatable bonds is 5. The van der Waals surface area contributed by atoms with Gasteiger partial charge >= 0.3 is 0 Å². The number of piperidine rings is 1. The third-order valence-electron chi connectivity index (χ3n) is 5.95. The molecule has 4 rings (SSSR count). The summed E-state index contributed by atoms with van der Waals surface area (Å²) in [6, 6.07) is 0. The van der Waals surface area contributed by atoms with E-state index in [0.29, 0.717) is 30.9 Å². The van der Waals surface area contributed by atoms with Crippen LogP contribution in [0.4, 0.5) is 0 Å². The maximum absolute atomic E-state index is 12.9. The van der Waals surface area contributed by atoms with Gasteiger partial charge in [0.15, 0.2) is 5.03 Å². The second-order valence-corrected chi connectivity index (χ2v) is 10.1. The van der Waals surface area contributed by atoms with Crippen LogP contribution < -0.4 is 0 Å². The molecule has 0 atom stereocenters. The Morgan fingerprint density at radius 2 is 1.83 bits per heavy atom. The molecule has 0 saturated carbocycles. The molecule has 2 aliphatic heterocycles. The Morgan fingerprint density at radius 1 is 1.13 bits per heavy atom. The van der Waals surface area contributed by atoms with Crippen LogP contribution >= 0.6 is 0 Å². The standard InChI is InChI=1S/C20H28N6O3S/c1-15-21-12-17(20(27)25-7-3-4-8-25)18(23-15)11-16-5-9-26(10-6-16)30(28,29)19-13-24(2)14-22-19/h12-14,16H,3-11H2,1-2H3. The minimum Gasteiger partial charge on any atom is -0.339 e. The van der Waals surface area contributed by atoms with Gasteiger partial charge in [0.2, 0.25) is 0 Å². The molecule has 0 aromatic carbocycles. The summed E-state index contributed by atoms with van der Waals surface area (Å²) in [5.41, 5.74) is 1.37. The molecule has 2 fully saturated rings. The monoisotopic (exact) mass is 432 g/mol. The van der Waals surface area contributed by atoms with Gasteiger partial charge in [0.25, 0.3) is 15.9 Å². The first kappa shape index (κ1) is 20.9. The maximum Gasteiger partial charge on any atom is 0.262 e. The number of hydrogen-bond donors (Lipinski definition) is 0. The van der Waals surface area contributed by atoms with E-state index in [1.165, 1.54) is 16.8 Å². The molecule has 30 heavy (non-hydrogen) atoms. The largest absolute Gasteiger partial charge is 0.339 e. The molecule has 0 radical (unpaired) electrons. The number of hydrogen-bond acceptors (Lipinski definition) is 6. The Balaban J connectivity index is 1.44. The summed E-state index contributed by atoms with van der Waals surface area (Å²) in [5.74, 6) is 0.940. The number of likely N-dealkylation sites (tertiary alicyclic amines) is 1. The van der Waals surface area contributed by atoms with Crippen molar-refractivity contribution in [2.45, 2.75) is 44.1 Å². The zero-order valence-corrected chi connectivity index (χ0v) is 18.3. The summed E-state index contributed by atoms with van der Waals surface area (Å²) in [7, 11) is -1.81. The number of amides is 1. The molecule has 4 heterocycles. The maximum atomic E-state index is 12.9. The second-order valence-electron chi connectivity index (χ2n) is 8.21. The molecule has 1 amide bonds. The molecule has 2 aromatic heterocycles. The first-order valence-electron chi connectivity index (χ1n) is 10.4. The average molecular weight is 433 g/mol. The van der Waals surface area contributed by atoms with E-state index >= 15 is 0 Å². The summed E-state index contributed by atoms with van der Waals surface area (Å²) >= 11 is 0. The summed E-state index contributed by atoms with van der Waals surface area (Å²) in [6.07, 6.45) is 8.87. The predicted molar refractivity (Wildman–Crippen MR) is 110 cm³/mol. The lowest BCUT2D eigenvalue weighted by Gasteiger charge is -2.30. The van der Waals surface area contributed by atoms with Crippen molar-refractivity contribution in [2.75, 3.05) is 26.2 Å². The fraction of sp³-hybridized carbons (Fsp3) is 0.600. The molecule has 0 aliphatic carbocycles. The highest BCUT2D eigenvalue weighted by Gasteiger charge is 2.32. The minimum atomic E-state index is -3.56. The first-order chi connectivity index (χ1) is 14.3. The summed E-state index contributed by atoms with van der Waals surface area (Å²) in [5, 5.41) is 0.0911. The van der Waals surface area contributed by atoms with Crippen molar-refractivity contribution < 1.29 is 13.2 Å². The normalized spacial score (nSPS) is 18.8. The Kier molecular flexibility index (Phi) is 5.88. The molecule has 0 spiro atoms. The number of carbonyl (C=O) groups excluding carboxylic acids is 1. The third kappa shape index (κ3) is 4.24. The van der Waals surface area contributed by atoms with E-state index in [0.717, 1.165) is 44.5 Å². The second kappa shape index (κ2) is 8.43. The molecule has 2 saturated heterocycles. The van der Waals surface area contributed by atoms with Crippen LogP contribution in [0.3, 0.4) is 0 Å². The van der Waals surface area contributed by atoms with Crippen molar-refractivity contribution >= 4 is 15.9 Å². The van der Waals surface area contributed by atoms with Crippen LogP contribution in [-0.2, 0) is 23.5 Å². The van der Waals surface area contributed by atoms with E-state index in [2.05, 4.69) is 15.0 Å². The molecule has 2 aromatic rings. The van der Waals surface area contributed by atoms with Gasteiger partial charge in [-0.3, -0.25) is 4.79 Å². The number of aryl methyl sites for hydroxylation is 2. The number of sulfonamides is 1. The van der Waals surface area contributed by atoms with Crippen molar-refractivity contribution in [3.8, 4) is 0 Å². The van der Waals surface area contributed by atoms with Gasteiger partial charge in [-0.05, 0) is 44.9 Å². The van der Waals surface area contributed by atoms with Crippen molar-refractivity contribution in [3.63, 3.8) is 0 Å². The van der Waals surface area contributed by atoms with Crippen molar-refractivity contribution in [2.24, 2.45) is 13.0 Å². The zero-order valence-electron chi connectivity index (χ0n) is 17.5. The van der Waals surface area contributed by atoms with Gasteiger partial charge in [0.1, 0.15) is 5.82 Å². The summed E-state index contributed by atoms with van der Waals surface area (Å²) in [4.78, 5) is 27.6. The van der Waals surface area contributed by atoms with Gasteiger partial charge in [-0.15, -0.1) is 0 Å². The Bertz CT molecular complexity index is 1020. The van der Waals surface area contributed by atoms with Crippen LogP contribution in [0.1, 0.15) is 47.6 Å². The smallest absolute Gasteiger partial charge is 0.262 e. The third-order valence-corrected chi connectivity index (χ3v) is 7.74. The van der Waals surface area contributed by atoms with Crippen LogP contribution in [-0.4, -0.2) is 69.2 Å². The van der Waals surface area contributed by atoms with Gasteiger partial charge in [0.05, 0.1) is 17.6 Å². The van der Waals surface area contributed by atoms with Crippen LogP contribution in [0, 0.1) is 12.8 Å². The van der Waals surface area contributed by atoms with Crippen molar-refractivity contribution in [3.05, 3.63) is 35.8 Å². The van der Waals surface area contributed by atoms with Crippen LogP contribution in [0.5, 0.6) is 0 Å². The van der Waals surface area contributed by atoms with Gasteiger partial charge in [-0.1, -0.05) is 0 Å². The number of carbonyl (C=O) groups is 1. The molecule has 162 valence electrons. The Hall–Kier alpha value is -2.33. The fourth-order valence-corrected chi connectivity index (χ4v) is 5.66. The van der Waals surface area contributed by atoms with E-state index < -0.39 is 10.0 Å². The molecule has 0 bridgehead atoms. The highest BCUT2D eigenvalue weighted by Crippen LogP contribution is 2.26. The summed E-state index contributed by atoms with van der Waals surface area (Å²) in [6.45, 7) is 4.30. The fourth-order valence-electron chi connectivity index (χ4n) is 4.22. The topological polar surface area (TPSA) is 101 Å². The molecule has 9 nitrogen and oxygen atoms in total. The van der Waals surface area contributed by atoms with Gasteiger partial charge in [0, 0.05) is 45.6 Å². The predicted octanol–water partition coefficient (Wildman–Crippen LogP) is 1.40. The molecule has 2 aliphatic rings. The molecule has 0 unspecified atom stereocenters. The van der Waals surface area contributed by atoms with Crippen LogP contribution in [0.2, 0.25) is 0 Å². The first-order valence-corrected chi connectivity index (χ1v) is 11.9. The SMILES string of the molecule is Cc1ncc(C(=O)N2CCCC2)c(CC2CCN(S(=O)(=O)c3cn(C)cn3)CC2)n1. The molecular weight excluding hydrogens is 404 g/mol. The lowest BCUT2D eigenvalue weighted by atomic mass is 9.91. The van der Waals surface area contributed by atoms with Gasteiger partial charge in [-0.2, -0.15) is 4.31 Å². The number of nitrogens with zero attached hydrogens (tertiary/aromatic N) is 6. The lowest BCUT2D eigenvalue weighted by molar-refractivity contribution is 0.0790. The Labute approximate surface area is 177 Å². The number of imidazole rings is 1. The van der Waals surface area contributed by atoms with E-state index in [1.54, 1.807) is 17.8 Å². The molecule has 10 heteroatoms. The average Bonchev–Trinajstić information content (AvgIpc) is 3.40. The number of aromatic nitrogens is 4. The van der Waals surface area contributed by atoms with Crippen LogP contribution in [0.25, 0.3) is 0 Å². The zero-order chi connectivity index (χ0) is 21.3. The Morgan fingerprint density at radius 3 is 2.47 bits per heavy atom. The van der Waals surface area contributed by atoms with Crippen molar-refractivity contribution in [1.29, 1.82) is 0 Å². The molecule has 0 N–H and O–H groups in total. The highest BCUT2D eigenvalue weighted by molar-refractivity contribution is 7.89. The van der Waals surface area contributed by atoms with Gasteiger partial charge in [-0.25, -0.2) is 23.4 Å². The summed E-state index contributed by atoms with van der Waals surface area (Å²) < 4.78 is 28.7.